The summed E-state index contributed by atoms with van der Waals surface area (Å²) in [5.74, 6) is 1.33. The third-order valence-corrected chi connectivity index (χ3v) is 2.96. The molecule has 0 N–H and O–H groups in total. The van der Waals surface area contributed by atoms with E-state index in [-0.39, 0.29) is 5.82 Å². The van der Waals surface area contributed by atoms with E-state index in [2.05, 4.69) is 25.9 Å². The van der Waals surface area contributed by atoms with Crippen LogP contribution in [0.15, 0.2) is 28.7 Å². The van der Waals surface area contributed by atoms with Crippen molar-refractivity contribution in [3.8, 4) is 11.6 Å². The number of rotatable bonds is 3. The summed E-state index contributed by atoms with van der Waals surface area (Å²) in [4.78, 5) is 8.46. The van der Waals surface area contributed by atoms with Crippen LogP contribution < -0.4 is 4.74 Å². The number of hydrogen-bond donors (Lipinski definition) is 0. The molecule has 0 saturated carbocycles. The first-order chi connectivity index (χ1) is 8.58. The van der Waals surface area contributed by atoms with Gasteiger partial charge in [0.2, 0.25) is 5.88 Å². The predicted molar refractivity (Wildman–Crippen MR) is 70.3 cm³/mol. The standard InChI is InChI=1S/C13H12BrFN2O/c1-3-10-7-13(17-8(2)16-10)18-12-5-4-9(15)6-11(12)14/h4-7H,3H2,1-2H3. The number of halogens is 2. The van der Waals surface area contributed by atoms with Gasteiger partial charge in [-0.05, 0) is 47.5 Å². The lowest BCUT2D eigenvalue weighted by Gasteiger charge is -2.08. The maximum atomic E-state index is 13.0. The van der Waals surface area contributed by atoms with E-state index in [1.807, 2.05) is 13.8 Å². The molecular formula is C13H12BrFN2O. The molecule has 0 unspecified atom stereocenters. The van der Waals surface area contributed by atoms with E-state index in [1.165, 1.54) is 12.1 Å². The Labute approximate surface area is 113 Å². The van der Waals surface area contributed by atoms with Gasteiger partial charge in [0.1, 0.15) is 17.4 Å². The molecule has 0 aliphatic heterocycles. The summed E-state index contributed by atoms with van der Waals surface area (Å²) in [6, 6.07) is 6.03. The van der Waals surface area contributed by atoms with E-state index >= 15 is 0 Å². The molecule has 0 aliphatic carbocycles. The molecule has 2 aromatic rings. The third-order valence-electron chi connectivity index (χ3n) is 2.34. The van der Waals surface area contributed by atoms with Crippen LogP contribution in [0.3, 0.4) is 0 Å². The fraction of sp³-hybridized carbons (Fsp3) is 0.231. The average molecular weight is 311 g/mol. The molecular weight excluding hydrogens is 299 g/mol. The van der Waals surface area contributed by atoms with Crippen LogP contribution in [-0.4, -0.2) is 9.97 Å². The van der Waals surface area contributed by atoms with Crippen LogP contribution in [0.25, 0.3) is 0 Å². The minimum atomic E-state index is -0.317. The predicted octanol–water partition coefficient (Wildman–Crippen LogP) is 4.04. The van der Waals surface area contributed by atoms with Crippen LogP contribution in [-0.2, 0) is 6.42 Å². The van der Waals surface area contributed by atoms with Gasteiger partial charge in [-0.15, -0.1) is 0 Å². The van der Waals surface area contributed by atoms with Crippen molar-refractivity contribution in [1.82, 2.24) is 9.97 Å². The molecule has 18 heavy (non-hydrogen) atoms. The Morgan fingerprint density at radius 1 is 1.28 bits per heavy atom. The molecule has 0 bridgehead atoms. The Bertz CT molecular complexity index is 575. The molecule has 3 nitrogen and oxygen atoms in total. The highest BCUT2D eigenvalue weighted by Gasteiger charge is 2.07. The maximum Gasteiger partial charge on any atom is 0.222 e. The fourth-order valence-electron chi connectivity index (χ4n) is 1.50. The molecule has 0 radical (unpaired) electrons. The second kappa shape index (κ2) is 5.44. The molecule has 0 aliphatic rings. The lowest BCUT2D eigenvalue weighted by molar-refractivity contribution is 0.454. The number of aromatic nitrogens is 2. The summed E-state index contributed by atoms with van der Waals surface area (Å²) in [5, 5.41) is 0. The van der Waals surface area contributed by atoms with Crippen LogP contribution in [0.1, 0.15) is 18.4 Å². The highest BCUT2D eigenvalue weighted by molar-refractivity contribution is 9.10. The monoisotopic (exact) mass is 310 g/mol. The smallest absolute Gasteiger partial charge is 0.222 e. The number of benzene rings is 1. The summed E-state index contributed by atoms with van der Waals surface area (Å²) in [7, 11) is 0. The zero-order valence-corrected chi connectivity index (χ0v) is 11.7. The fourth-order valence-corrected chi connectivity index (χ4v) is 1.94. The third kappa shape index (κ3) is 3.04. The van der Waals surface area contributed by atoms with Gasteiger partial charge in [-0.2, -0.15) is 4.98 Å². The van der Waals surface area contributed by atoms with Gasteiger partial charge in [0.15, 0.2) is 0 Å². The molecule has 0 spiro atoms. The molecule has 1 heterocycles. The van der Waals surface area contributed by atoms with E-state index in [4.69, 9.17) is 4.74 Å². The first kappa shape index (κ1) is 13.0. The van der Waals surface area contributed by atoms with Crippen molar-refractivity contribution >= 4 is 15.9 Å². The zero-order chi connectivity index (χ0) is 13.1. The number of nitrogens with zero attached hydrogens (tertiary/aromatic N) is 2. The first-order valence-electron chi connectivity index (χ1n) is 5.56. The largest absolute Gasteiger partial charge is 0.438 e. The molecule has 0 atom stereocenters. The molecule has 1 aromatic heterocycles. The minimum Gasteiger partial charge on any atom is -0.438 e. The van der Waals surface area contributed by atoms with E-state index < -0.39 is 0 Å². The maximum absolute atomic E-state index is 13.0. The van der Waals surface area contributed by atoms with Gasteiger partial charge < -0.3 is 4.74 Å². The summed E-state index contributed by atoms with van der Waals surface area (Å²) in [6.07, 6.45) is 0.810. The summed E-state index contributed by atoms with van der Waals surface area (Å²) in [6.45, 7) is 3.82. The Hall–Kier alpha value is -1.49. The Kier molecular flexibility index (Phi) is 3.91. The van der Waals surface area contributed by atoms with Crippen molar-refractivity contribution in [1.29, 1.82) is 0 Å². The Morgan fingerprint density at radius 2 is 2.06 bits per heavy atom. The van der Waals surface area contributed by atoms with Crippen LogP contribution >= 0.6 is 15.9 Å². The summed E-state index contributed by atoms with van der Waals surface area (Å²) < 4.78 is 19.1. The Balaban J connectivity index is 2.30. The van der Waals surface area contributed by atoms with Gasteiger partial charge in [0.05, 0.1) is 4.47 Å². The Morgan fingerprint density at radius 3 is 2.72 bits per heavy atom. The summed E-state index contributed by atoms with van der Waals surface area (Å²) >= 11 is 3.25. The van der Waals surface area contributed by atoms with E-state index in [9.17, 15) is 4.39 Å². The van der Waals surface area contributed by atoms with Crippen molar-refractivity contribution in [2.24, 2.45) is 0 Å². The van der Waals surface area contributed by atoms with Crippen LogP contribution in [0.5, 0.6) is 11.6 Å². The normalized spacial score (nSPS) is 10.4. The van der Waals surface area contributed by atoms with Crippen molar-refractivity contribution < 1.29 is 9.13 Å². The topological polar surface area (TPSA) is 35.0 Å². The highest BCUT2D eigenvalue weighted by Crippen LogP contribution is 2.29. The van der Waals surface area contributed by atoms with Crippen molar-refractivity contribution in [2.45, 2.75) is 20.3 Å². The quantitative estimate of drug-likeness (QED) is 0.858. The van der Waals surface area contributed by atoms with Gasteiger partial charge >= 0.3 is 0 Å². The van der Waals surface area contributed by atoms with Gasteiger partial charge in [0.25, 0.3) is 0 Å². The highest BCUT2D eigenvalue weighted by atomic mass is 79.9. The molecule has 1 aromatic carbocycles. The first-order valence-corrected chi connectivity index (χ1v) is 6.35. The van der Waals surface area contributed by atoms with Gasteiger partial charge in [-0.1, -0.05) is 6.92 Å². The van der Waals surface area contributed by atoms with Gasteiger partial charge in [0, 0.05) is 11.8 Å². The molecule has 2 rings (SSSR count). The lowest BCUT2D eigenvalue weighted by Crippen LogP contribution is -1.97. The van der Waals surface area contributed by atoms with Crippen molar-refractivity contribution in [3.05, 3.63) is 46.1 Å². The van der Waals surface area contributed by atoms with E-state index in [1.54, 1.807) is 12.1 Å². The van der Waals surface area contributed by atoms with Crippen molar-refractivity contribution in [2.75, 3.05) is 0 Å². The average Bonchev–Trinajstić information content (AvgIpc) is 2.32. The second-order valence-electron chi connectivity index (χ2n) is 3.78. The number of ether oxygens (including phenoxy) is 1. The SMILES string of the molecule is CCc1cc(Oc2ccc(F)cc2Br)nc(C)n1. The molecule has 0 saturated heterocycles. The van der Waals surface area contributed by atoms with Crippen LogP contribution in [0.4, 0.5) is 4.39 Å². The van der Waals surface area contributed by atoms with Gasteiger partial charge in [-0.3, -0.25) is 0 Å². The molecule has 0 amide bonds. The van der Waals surface area contributed by atoms with E-state index in [0.29, 0.717) is 21.9 Å². The molecule has 0 fully saturated rings. The zero-order valence-electron chi connectivity index (χ0n) is 10.1. The van der Waals surface area contributed by atoms with Crippen LogP contribution in [0.2, 0.25) is 0 Å². The number of aryl methyl sites for hydroxylation is 2. The van der Waals surface area contributed by atoms with Crippen molar-refractivity contribution in [3.63, 3.8) is 0 Å². The lowest BCUT2D eigenvalue weighted by atomic mass is 10.3. The molecule has 94 valence electrons. The molecule has 5 heteroatoms. The van der Waals surface area contributed by atoms with Crippen LogP contribution in [0, 0.1) is 12.7 Å². The number of hydrogen-bond acceptors (Lipinski definition) is 3. The second-order valence-corrected chi connectivity index (χ2v) is 4.63. The summed E-state index contributed by atoms with van der Waals surface area (Å²) in [5.41, 5.74) is 0.913. The van der Waals surface area contributed by atoms with Gasteiger partial charge in [-0.25, -0.2) is 9.37 Å². The minimum absolute atomic E-state index is 0.317. The van der Waals surface area contributed by atoms with E-state index in [0.717, 1.165) is 12.1 Å².